The second kappa shape index (κ2) is 5.76. The number of nitrogens with one attached hydrogen (secondary N) is 1. The number of pyridine rings is 1. The minimum absolute atomic E-state index is 0.0120. The minimum Gasteiger partial charge on any atom is -0.481 e. The molecule has 0 spiro atoms. The molecule has 3 heterocycles. The molecular weight excluding hydrogens is 266 g/mol. The van der Waals surface area contributed by atoms with Crippen molar-refractivity contribution in [2.45, 2.75) is 39.2 Å². The zero-order chi connectivity index (χ0) is 14.8. The molecule has 1 aliphatic rings. The highest BCUT2D eigenvalue weighted by Crippen LogP contribution is 2.31. The van der Waals surface area contributed by atoms with Crippen molar-refractivity contribution in [3.05, 3.63) is 23.4 Å². The summed E-state index contributed by atoms with van der Waals surface area (Å²) < 4.78 is 7.65. The van der Waals surface area contributed by atoms with Gasteiger partial charge in [0.2, 0.25) is 11.8 Å². The van der Waals surface area contributed by atoms with Gasteiger partial charge in [-0.15, -0.1) is 0 Å². The second-order valence-electron chi connectivity index (χ2n) is 5.49. The highest BCUT2D eigenvalue weighted by molar-refractivity contribution is 5.82. The van der Waals surface area contributed by atoms with E-state index in [9.17, 15) is 4.79 Å². The molecule has 1 N–H and O–H groups in total. The molecule has 5 heteroatoms. The van der Waals surface area contributed by atoms with Crippen LogP contribution < -0.4 is 10.1 Å². The first-order valence-corrected chi connectivity index (χ1v) is 7.50. The number of carbonyl (C=O) groups excluding carboxylic acids is 1. The Labute approximate surface area is 124 Å². The first kappa shape index (κ1) is 13.9. The van der Waals surface area contributed by atoms with Crippen LogP contribution in [0.15, 0.2) is 12.1 Å². The Hall–Kier alpha value is -2.04. The molecule has 21 heavy (non-hydrogen) atoms. The summed E-state index contributed by atoms with van der Waals surface area (Å²) in [6.45, 7) is 3.26. The van der Waals surface area contributed by atoms with E-state index in [1.807, 2.05) is 6.07 Å². The molecule has 0 atom stereocenters. The van der Waals surface area contributed by atoms with E-state index >= 15 is 0 Å². The summed E-state index contributed by atoms with van der Waals surface area (Å²) in [7, 11) is 1.64. The van der Waals surface area contributed by atoms with E-state index in [2.05, 4.69) is 20.9 Å². The van der Waals surface area contributed by atoms with Crippen molar-refractivity contribution >= 4 is 16.9 Å². The third-order valence-corrected chi connectivity index (χ3v) is 4.10. The van der Waals surface area contributed by atoms with Gasteiger partial charge in [0.25, 0.3) is 0 Å². The van der Waals surface area contributed by atoms with Gasteiger partial charge in [-0.1, -0.05) is 0 Å². The number of amides is 1. The number of hydrogen-bond donors (Lipinski definition) is 1. The average Bonchev–Trinajstić information content (AvgIpc) is 2.81. The Balaban J connectivity index is 2.04. The van der Waals surface area contributed by atoms with Gasteiger partial charge < -0.3 is 14.6 Å². The fourth-order valence-corrected chi connectivity index (χ4v) is 3.16. The largest absolute Gasteiger partial charge is 0.481 e. The highest BCUT2D eigenvalue weighted by atomic mass is 16.5. The smallest absolute Gasteiger partial charge is 0.216 e. The van der Waals surface area contributed by atoms with E-state index in [-0.39, 0.29) is 5.91 Å². The van der Waals surface area contributed by atoms with E-state index in [4.69, 9.17) is 4.74 Å². The Morgan fingerprint density at radius 3 is 3.05 bits per heavy atom. The number of carbonyl (C=O) groups is 1. The number of rotatable bonds is 4. The van der Waals surface area contributed by atoms with Crippen LogP contribution in [-0.2, 0) is 24.2 Å². The zero-order valence-corrected chi connectivity index (χ0v) is 12.6. The molecule has 1 amide bonds. The maximum absolute atomic E-state index is 11.1. The molecule has 0 unspecified atom stereocenters. The summed E-state index contributed by atoms with van der Waals surface area (Å²) in [4.78, 5) is 15.7. The number of fused-ring (bicyclic) bond motifs is 3. The predicted molar refractivity (Wildman–Crippen MR) is 81.6 cm³/mol. The monoisotopic (exact) mass is 287 g/mol. The number of ether oxygens (including phenoxy) is 1. The highest BCUT2D eigenvalue weighted by Gasteiger charge is 2.20. The predicted octanol–water partition coefficient (Wildman–Crippen LogP) is 2.06. The number of nitrogens with zero attached hydrogens (tertiary/aromatic N) is 2. The maximum Gasteiger partial charge on any atom is 0.216 e. The van der Waals surface area contributed by atoms with Gasteiger partial charge in [0.05, 0.1) is 18.1 Å². The summed E-state index contributed by atoms with van der Waals surface area (Å²) >= 11 is 0. The first-order valence-electron chi connectivity index (χ1n) is 7.50. The van der Waals surface area contributed by atoms with Gasteiger partial charge >= 0.3 is 0 Å². The topological polar surface area (TPSA) is 56.1 Å². The Morgan fingerprint density at radius 1 is 1.43 bits per heavy atom. The molecule has 0 aromatic carbocycles. The molecule has 5 nitrogen and oxygen atoms in total. The van der Waals surface area contributed by atoms with Gasteiger partial charge in [0, 0.05) is 37.3 Å². The molecule has 0 radical (unpaired) electrons. The molecule has 0 fully saturated rings. The van der Waals surface area contributed by atoms with Crippen molar-refractivity contribution in [3.63, 3.8) is 0 Å². The molecule has 112 valence electrons. The van der Waals surface area contributed by atoms with Crippen LogP contribution >= 0.6 is 0 Å². The molecule has 3 rings (SSSR count). The van der Waals surface area contributed by atoms with Crippen molar-refractivity contribution in [3.8, 4) is 5.88 Å². The van der Waals surface area contributed by atoms with Crippen LogP contribution in [0.4, 0.5) is 0 Å². The normalized spacial score (nSPS) is 14.0. The van der Waals surface area contributed by atoms with Gasteiger partial charge in [-0.25, -0.2) is 4.98 Å². The van der Waals surface area contributed by atoms with E-state index in [0.717, 1.165) is 24.9 Å². The van der Waals surface area contributed by atoms with Gasteiger partial charge in [-0.2, -0.15) is 0 Å². The third kappa shape index (κ3) is 2.60. The van der Waals surface area contributed by atoms with Crippen molar-refractivity contribution in [1.82, 2.24) is 14.9 Å². The van der Waals surface area contributed by atoms with Gasteiger partial charge in [0.15, 0.2) is 0 Å². The fraction of sp³-hybridized carbons (Fsp3) is 0.500. The standard InChI is InChI=1S/C16H21N3O2/c1-11(20)17-9-8-12-13-5-3-4-10-19(13)14-6-7-15(21-2)18-16(12)14/h6-7H,3-5,8-10H2,1-2H3,(H,17,20). The fourth-order valence-electron chi connectivity index (χ4n) is 3.16. The van der Waals surface area contributed by atoms with Crippen LogP contribution in [0.1, 0.15) is 31.0 Å². The molecule has 2 aromatic rings. The zero-order valence-electron chi connectivity index (χ0n) is 12.6. The van der Waals surface area contributed by atoms with E-state index < -0.39 is 0 Å². The lowest BCUT2D eigenvalue weighted by Crippen LogP contribution is -2.23. The van der Waals surface area contributed by atoms with Crippen LogP contribution in [0.5, 0.6) is 5.88 Å². The average molecular weight is 287 g/mol. The third-order valence-electron chi connectivity index (χ3n) is 4.10. The summed E-state index contributed by atoms with van der Waals surface area (Å²) in [5.41, 5.74) is 4.85. The van der Waals surface area contributed by atoms with Gasteiger partial charge in [-0.3, -0.25) is 4.79 Å². The summed E-state index contributed by atoms with van der Waals surface area (Å²) in [5.74, 6) is 0.657. The van der Waals surface area contributed by atoms with Crippen molar-refractivity contribution in [1.29, 1.82) is 0 Å². The first-order chi connectivity index (χ1) is 10.2. The summed E-state index contributed by atoms with van der Waals surface area (Å²) in [6.07, 6.45) is 4.35. The lowest BCUT2D eigenvalue weighted by atomic mass is 10.0. The number of aryl methyl sites for hydroxylation is 1. The minimum atomic E-state index is 0.0120. The van der Waals surface area contributed by atoms with Crippen LogP contribution in [0.25, 0.3) is 11.0 Å². The van der Waals surface area contributed by atoms with Crippen LogP contribution in [0, 0.1) is 0 Å². The van der Waals surface area contributed by atoms with Gasteiger partial charge in [-0.05, 0) is 31.7 Å². The number of methoxy groups -OCH3 is 1. The maximum atomic E-state index is 11.1. The SMILES string of the molecule is COc1ccc2c(n1)c(CCNC(C)=O)c1n2CCCC1. The van der Waals surface area contributed by atoms with Crippen LogP contribution in [0.2, 0.25) is 0 Å². The van der Waals surface area contributed by atoms with E-state index in [1.165, 1.54) is 29.6 Å². The summed E-state index contributed by atoms with van der Waals surface area (Å²) in [6, 6.07) is 4.01. The lowest BCUT2D eigenvalue weighted by molar-refractivity contribution is -0.118. The molecule has 0 saturated carbocycles. The van der Waals surface area contributed by atoms with Gasteiger partial charge in [0.1, 0.15) is 0 Å². The van der Waals surface area contributed by atoms with Crippen molar-refractivity contribution in [2.24, 2.45) is 0 Å². The molecular formula is C16H21N3O2. The second-order valence-corrected chi connectivity index (χ2v) is 5.49. The Bertz CT molecular complexity index is 676. The Kier molecular flexibility index (Phi) is 3.82. The molecule has 0 saturated heterocycles. The van der Waals surface area contributed by atoms with Crippen LogP contribution in [0.3, 0.4) is 0 Å². The van der Waals surface area contributed by atoms with E-state index in [1.54, 1.807) is 14.0 Å². The number of hydrogen-bond acceptors (Lipinski definition) is 3. The quantitative estimate of drug-likeness (QED) is 0.936. The molecule has 1 aliphatic heterocycles. The van der Waals surface area contributed by atoms with Crippen molar-refractivity contribution < 1.29 is 9.53 Å². The Morgan fingerprint density at radius 2 is 2.29 bits per heavy atom. The molecule has 2 aromatic heterocycles. The molecule has 0 bridgehead atoms. The van der Waals surface area contributed by atoms with Crippen molar-refractivity contribution in [2.75, 3.05) is 13.7 Å². The van der Waals surface area contributed by atoms with Crippen LogP contribution in [-0.4, -0.2) is 29.1 Å². The summed E-state index contributed by atoms with van der Waals surface area (Å²) in [5, 5.41) is 2.88. The van der Waals surface area contributed by atoms with E-state index in [0.29, 0.717) is 12.4 Å². The molecule has 0 aliphatic carbocycles. The number of aromatic nitrogens is 2. The lowest BCUT2D eigenvalue weighted by Gasteiger charge is -2.17.